The highest BCUT2D eigenvalue weighted by molar-refractivity contribution is 5.78. The molecular weight excluding hydrogens is 311 g/mol. The minimum Gasteiger partial charge on any atom is -0.484 e. The maximum atomic E-state index is 13.1. The molecule has 1 aromatic rings. The molecule has 24 heavy (non-hydrogen) atoms. The molecule has 2 amide bonds. The van der Waals surface area contributed by atoms with Crippen molar-refractivity contribution in [2.24, 2.45) is 0 Å². The second-order valence-electron chi connectivity index (χ2n) is 5.96. The molecule has 1 saturated heterocycles. The van der Waals surface area contributed by atoms with E-state index in [0.717, 1.165) is 19.3 Å². The fourth-order valence-electron chi connectivity index (χ4n) is 2.70. The average molecular weight is 336 g/mol. The van der Waals surface area contributed by atoms with Crippen LogP contribution in [0.5, 0.6) is 5.75 Å². The van der Waals surface area contributed by atoms with Gasteiger partial charge in [-0.25, -0.2) is 4.39 Å². The van der Waals surface area contributed by atoms with E-state index in [4.69, 9.17) is 4.74 Å². The van der Waals surface area contributed by atoms with Gasteiger partial charge in [-0.3, -0.25) is 9.59 Å². The number of carbonyl (C=O) groups excluding carboxylic acids is 2. The van der Waals surface area contributed by atoms with E-state index in [9.17, 15) is 14.0 Å². The van der Waals surface area contributed by atoms with E-state index in [2.05, 4.69) is 6.92 Å². The SMILES string of the molecule is CCCCC(=O)N1CCCN(C(=O)COc2cccc(F)c2)CC1. The third-order valence-corrected chi connectivity index (χ3v) is 4.10. The number of nitrogens with zero attached hydrogens (tertiary/aromatic N) is 2. The molecule has 6 heteroatoms. The van der Waals surface area contributed by atoms with Crippen molar-refractivity contribution in [2.45, 2.75) is 32.6 Å². The molecule has 0 radical (unpaired) electrons. The monoisotopic (exact) mass is 336 g/mol. The molecular formula is C18H25FN2O3. The van der Waals surface area contributed by atoms with Crippen LogP contribution in [0.15, 0.2) is 24.3 Å². The summed E-state index contributed by atoms with van der Waals surface area (Å²) in [5, 5.41) is 0. The Balaban J connectivity index is 1.80. The Morgan fingerprint density at radius 3 is 2.50 bits per heavy atom. The number of unbranched alkanes of at least 4 members (excludes halogenated alkanes) is 1. The van der Waals surface area contributed by atoms with Crippen molar-refractivity contribution >= 4 is 11.8 Å². The summed E-state index contributed by atoms with van der Waals surface area (Å²) < 4.78 is 18.5. The molecule has 0 unspecified atom stereocenters. The minimum absolute atomic E-state index is 0.118. The smallest absolute Gasteiger partial charge is 0.260 e. The summed E-state index contributed by atoms with van der Waals surface area (Å²) in [5.74, 6) is -0.0187. The molecule has 0 N–H and O–H groups in total. The third-order valence-electron chi connectivity index (χ3n) is 4.10. The third kappa shape index (κ3) is 5.51. The van der Waals surface area contributed by atoms with Crippen LogP contribution in [-0.2, 0) is 9.59 Å². The van der Waals surface area contributed by atoms with Crippen LogP contribution in [0.1, 0.15) is 32.6 Å². The van der Waals surface area contributed by atoms with Crippen molar-refractivity contribution in [3.63, 3.8) is 0 Å². The normalized spacial score (nSPS) is 15.1. The zero-order valence-electron chi connectivity index (χ0n) is 14.2. The Labute approximate surface area is 142 Å². The van der Waals surface area contributed by atoms with Crippen LogP contribution < -0.4 is 4.74 Å². The van der Waals surface area contributed by atoms with E-state index < -0.39 is 5.82 Å². The lowest BCUT2D eigenvalue weighted by molar-refractivity contribution is -0.134. The van der Waals surface area contributed by atoms with Gasteiger partial charge >= 0.3 is 0 Å². The van der Waals surface area contributed by atoms with Gasteiger partial charge in [0.1, 0.15) is 11.6 Å². The number of ether oxygens (including phenoxy) is 1. The van der Waals surface area contributed by atoms with Crippen LogP contribution >= 0.6 is 0 Å². The molecule has 132 valence electrons. The topological polar surface area (TPSA) is 49.9 Å². The number of hydrogen-bond donors (Lipinski definition) is 0. The van der Waals surface area contributed by atoms with Crippen LogP contribution in [0.4, 0.5) is 4.39 Å². The van der Waals surface area contributed by atoms with Crippen LogP contribution in [0.25, 0.3) is 0 Å². The number of amides is 2. The van der Waals surface area contributed by atoms with Crippen molar-refractivity contribution in [3.8, 4) is 5.75 Å². The maximum Gasteiger partial charge on any atom is 0.260 e. The van der Waals surface area contributed by atoms with E-state index in [1.165, 1.54) is 12.1 Å². The molecule has 0 atom stereocenters. The van der Waals surface area contributed by atoms with Gasteiger partial charge in [0.15, 0.2) is 6.61 Å². The second kappa shape index (κ2) is 9.25. The van der Waals surface area contributed by atoms with Crippen molar-refractivity contribution in [2.75, 3.05) is 32.8 Å². The standard InChI is InChI=1S/C18H25FN2O3/c1-2-3-8-17(22)20-9-5-10-21(12-11-20)18(23)14-24-16-7-4-6-15(19)13-16/h4,6-7,13H,2-3,5,8-12,14H2,1H3. The predicted octanol–water partition coefficient (Wildman–Crippen LogP) is 2.46. The van der Waals surface area contributed by atoms with E-state index in [1.807, 2.05) is 4.90 Å². The number of benzene rings is 1. The summed E-state index contributed by atoms with van der Waals surface area (Å²) in [6, 6.07) is 5.74. The van der Waals surface area contributed by atoms with Gasteiger partial charge in [-0.15, -0.1) is 0 Å². The Bertz CT molecular complexity index is 565. The zero-order valence-corrected chi connectivity index (χ0v) is 14.2. The average Bonchev–Trinajstić information content (AvgIpc) is 2.84. The quantitative estimate of drug-likeness (QED) is 0.802. The lowest BCUT2D eigenvalue weighted by atomic mass is 10.2. The molecule has 1 heterocycles. The van der Waals surface area contributed by atoms with Gasteiger partial charge in [-0.2, -0.15) is 0 Å². The Hall–Kier alpha value is -2.11. The molecule has 1 aliphatic heterocycles. The second-order valence-corrected chi connectivity index (χ2v) is 5.96. The summed E-state index contributed by atoms with van der Waals surface area (Å²) in [7, 11) is 0. The van der Waals surface area contributed by atoms with Crippen LogP contribution in [0, 0.1) is 5.82 Å². The molecule has 0 aliphatic carbocycles. The van der Waals surface area contributed by atoms with Crippen LogP contribution in [-0.4, -0.2) is 54.4 Å². The molecule has 5 nitrogen and oxygen atoms in total. The number of halogens is 1. The maximum absolute atomic E-state index is 13.1. The first kappa shape index (κ1) is 18.2. The largest absolute Gasteiger partial charge is 0.484 e. The van der Waals surface area contributed by atoms with Crippen molar-refractivity contribution in [3.05, 3.63) is 30.1 Å². The van der Waals surface area contributed by atoms with E-state index in [1.54, 1.807) is 17.0 Å². The molecule has 0 bridgehead atoms. The number of hydrogen-bond acceptors (Lipinski definition) is 3. The number of carbonyl (C=O) groups is 2. The van der Waals surface area contributed by atoms with Crippen molar-refractivity contribution in [1.82, 2.24) is 9.80 Å². The molecule has 0 spiro atoms. The Morgan fingerprint density at radius 2 is 1.83 bits per heavy atom. The fourth-order valence-corrected chi connectivity index (χ4v) is 2.70. The van der Waals surface area contributed by atoms with Gasteiger partial charge in [0.25, 0.3) is 5.91 Å². The minimum atomic E-state index is -0.393. The van der Waals surface area contributed by atoms with Crippen LogP contribution in [0.2, 0.25) is 0 Å². The van der Waals surface area contributed by atoms with E-state index in [0.29, 0.717) is 38.3 Å². The zero-order chi connectivity index (χ0) is 17.4. The summed E-state index contributed by atoms with van der Waals surface area (Å²) >= 11 is 0. The van der Waals surface area contributed by atoms with Gasteiger partial charge in [0.05, 0.1) is 0 Å². The van der Waals surface area contributed by atoms with Gasteiger partial charge in [-0.05, 0) is 25.0 Å². The Morgan fingerprint density at radius 1 is 1.12 bits per heavy atom. The summed E-state index contributed by atoms with van der Waals surface area (Å²) in [5.41, 5.74) is 0. The van der Waals surface area contributed by atoms with Crippen molar-refractivity contribution < 1.29 is 18.7 Å². The van der Waals surface area contributed by atoms with Crippen molar-refractivity contribution in [1.29, 1.82) is 0 Å². The molecule has 1 aromatic carbocycles. The highest BCUT2D eigenvalue weighted by Gasteiger charge is 2.21. The summed E-state index contributed by atoms with van der Waals surface area (Å²) in [6.45, 7) is 4.33. The van der Waals surface area contributed by atoms with Gasteiger partial charge in [0.2, 0.25) is 5.91 Å². The summed E-state index contributed by atoms with van der Waals surface area (Å²) in [6.07, 6.45) is 3.25. The predicted molar refractivity (Wildman–Crippen MR) is 89.2 cm³/mol. The molecule has 1 fully saturated rings. The molecule has 2 rings (SSSR count). The first-order valence-corrected chi connectivity index (χ1v) is 8.54. The number of rotatable bonds is 6. The highest BCUT2D eigenvalue weighted by Crippen LogP contribution is 2.13. The van der Waals surface area contributed by atoms with Crippen LogP contribution in [0.3, 0.4) is 0 Å². The van der Waals surface area contributed by atoms with Gasteiger partial charge in [-0.1, -0.05) is 19.4 Å². The first-order valence-electron chi connectivity index (χ1n) is 8.54. The first-order chi connectivity index (χ1) is 11.6. The van der Waals surface area contributed by atoms with E-state index >= 15 is 0 Å². The highest BCUT2D eigenvalue weighted by atomic mass is 19.1. The summed E-state index contributed by atoms with van der Waals surface area (Å²) in [4.78, 5) is 27.9. The van der Waals surface area contributed by atoms with Gasteiger partial charge in [0, 0.05) is 38.7 Å². The Kier molecular flexibility index (Phi) is 7.03. The fraction of sp³-hybridized carbons (Fsp3) is 0.556. The lowest BCUT2D eigenvalue weighted by Gasteiger charge is -2.22. The molecule has 0 aromatic heterocycles. The molecule has 0 saturated carbocycles. The molecule has 1 aliphatic rings. The van der Waals surface area contributed by atoms with Gasteiger partial charge < -0.3 is 14.5 Å². The van der Waals surface area contributed by atoms with E-state index in [-0.39, 0.29) is 18.4 Å². The lowest BCUT2D eigenvalue weighted by Crippen LogP contribution is -2.39.